The fourth-order valence-electron chi connectivity index (χ4n) is 1.13. The Kier molecular flexibility index (Phi) is 3.05. The second-order valence-corrected chi connectivity index (χ2v) is 3.46. The predicted octanol–water partition coefficient (Wildman–Crippen LogP) is 2.25. The molecule has 0 saturated heterocycles. The summed E-state index contributed by atoms with van der Waals surface area (Å²) in [6.45, 7) is 1.02. The Bertz CT molecular complexity index is 410. The Morgan fingerprint density at radius 2 is 1.88 bits per heavy atom. The first-order valence-corrected chi connectivity index (χ1v) is 4.24. The number of aldehydes is 1. The van der Waals surface area contributed by atoms with Crippen LogP contribution in [0.4, 0.5) is 17.6 Å². The molecule has 0 amide bonds. The fourth-order valence-corrected chi connectivity index (χ4v) is 1.13. The van der Waals surface area contributed by atoms with Gasteiger partial charge in [-0.1, -0.05) is 6.07 Å². The lowest BCUT2D eigenvalue weighted by Gasteiger charge is -2.18. The molecule has 88 valence electrons. The van der Waals surface area contributed by atoms with Crippen LogP contribution in [0.15, 0.2) is 18.2 Å². The highest BCUT2D eigenvalue weighted by molar-refractivity contribution is 5.65. The minimum atomic E-state index is -4.86. The summed E-state index contributed by atoms with van der Waals surface area (Å²) in [4.78, 5) is 10.4. The summed E-state index contributed by atoms with van der Waals surface area (Å²) in [7, 11) is 0. The fraction of sp³-hybridized carbons (Fsp3) is 0.300. The highest BCUT2D eigenvalue weighted by Gasteiger charge is 2.36. The summed E-state index contributed by atoms with van der Waals surface area (Å²) < 4.78 is 49.8. The molecular formula is C10H8F4O2. The van der Waals surface area contributed by atoms with Gasteiger partial charge >= 0.3 is 6.18 Å². The highest BCUT2D eigenvalue weighted by Crippen LogP contribution is 2.33. The van der Waals surface area contributed by atoms with Gasteiger partial charge in [-0.25, -0.2) is 4.39 Å². The molecule has 0 heterocycles. The van der Waals surface area contributed by atoms with E-state index in [1.54, 1.807) is 0 Å². The summed E-state index contributed by atoms with van der Waals surface area (Å²) in [5.41, 5.74) is -3.88. The van der Waals surface area contributed by atoms with E-state index in [-0.39, 0.29) is 11.8 Å². The minimum Gasteiger partial charge on any atom is -0.378 e. The van der Waals surface area contributed by atoms with E-state index in [9.17, 15) is 27.5 Å². The maximum atomic E-state index is 12.9. The number of halogens is 4. The van der Waals surface area contributed by atoms with Gasteiger partial charge in [0.1, 0.15) is 11.4 Å². The monoisotopic (exact) mass is 236 g/mol. The van der Waals surface area contributed by atoms with Gasteiger partial charge in [0.15, 0.2) is 6.29 Å². The quantitative estimate of drug-likeness (QED) is 0.631. The van der Waals surface area contributed by atoms with Crippen LogP contribution in [0.1, 0.15) is 18.1 Å². The van der Waals surface area contributed by atoms with Gasteiger partial charge in [-0.05, 0) is 24.6 Å². The van der Waals surface area contributed by atoms with Crippen molar-refractivity contribution in [2.45, 2.75) is 18.7 Å². The predicted molar refractivity (Wildman–Crippen MR) is 47.0 cm³/mol. The molecule has 1 rings (SSSR count). The molecule has 0 aliphatic rings. The van der Waals surface area contributed by atoms with E-state index in [0.29, 0.717) is 12.1 Å². The number of aliphatic hydroxyl groups is 1. The summed E-state index contributed by atoms with van der Waals surface area (Å²) in [5.74, 6) is -1.45. The second kappa shape index (κ2) is 3.86. The van der Waals surface area contributed by atoms with Gasteiger partial charge in [-0.15, -0.1) is 0 Å². The first-order chi connectivity index (χ1) is 7.18. The summed E-state index contributed by atoms with van der Waals surface area (Å²) in [6.07, 6.45) is -4.78. The largest absolute Gasteiger partial charge is 0.419 e. The smallest absolute Gasteiger partial charge is 0.378 e. The highest BCUT2D eigenvalue weighted by atomic mass is 19.4. The zero-order chi connectivity index (χ0) is 12.6. The Balaban J connectivity index is 3.34. The number of alkyl halides is 3. The molecule has 0 saturated carbocycles. The molecule has 2 nitrogen and oxygen atoms in total. The molecular weight excluding hydrogens is 228 g/mol. The summed E-state index contributed by atoms with van der Waals surface area (Å²) >= 11 is 0. The van der Waals surface area contributed by atoms with Crippen molar-refractivity contribution in [2.75, 3.05) is 0 Å². The molecule has 0 aliphatic heterocycles. The Morgan fingerprint density at radius 3 is 2.31 bits per heavy atom. The van der Waals surface area contributed by atoms with E-state index < -0.39 is 23.2 Å². The first kappa shape index (κ1) is 12.6. The van der Waals surface area contributed by atoms with Crippen molar-refractivity contribution in [2.24, 2.45) is 0 Å². The minimum absolute atomic E-state index is 0.0837. The average molecular weight is 236 g/mol. The third-order valence-electron chi connectivity index (χ3n) is 2.09. The SMILES string of the molecule is CC(O)(C=O)c1ccc(F)c(C(F)(F)F)c1. The normalized spacial score (nSPS) is 15.6. The van der Waals surface area contributed by atoms with Crippen LogP contribution in [0.3, 0.4) is 0 Å². The van der Waals surface area contributed by atoms with Gasteiger partial charge in [0.25, 0.3) is 0 Å². The van der Waals surface area contributed by atoms with E-state index in [1.165, 1.54) is 0 Å². The Morgan fingerprint density at radius 1 is 1.31 bits per heavy atom. The van der Waals surface area contributed by atoms with Gasteiger partial charge in [-0.2, -0.15) is 13.2 Å². The number of rotatable bonds is 2. The molecule has 1 aromatic rings. The van der Waals surface area contributed by atoms with E-state index in [4.69, 9.17) is 0 Å². The zero-order valence-electron chi connectivity index (χ0n) is 8.18. The molecule has 1 aromatic carbocycles. The number of hydrogen-bond donors (Lipinski definition) is 1. The van der Waals surface area contributed by atoms with E-state index in [0.717, 1.165) is 13.0 Å². The molecule has 0 radical (unpaired) electrons. The van der Waals surface area contributed by atoms with Crippen LogP contribution in [0.5, 0.6) is 0 Å². The standard InChI is InChI=1S/C10H8F4O2/c1-9(16,5-15)6-2-3-8(11)7(4-6)10(12,13)14/h2-5,16H,1H3. The van der Waals surface area contributed by atoms with Crippen LogP contribution >= 0.6 is 0 Å². The number of carbonyl (C=O) groups is 1. The molecule has 1 atom stereocenters. The van der Waals surface area contributed by atoms with Gasteiger partial charge in [-0.3, -0.25) is 4.79 Å². The van der Waals surface area contributed by atoms with Crippen molar-refractivity contribution in [3.05, 3.63) is 35.1 Å². The van der Waals surface area contributed by atoms with E-state index in [1.807, 2.05) is 0 Å². The van der Waals surface area contributed by atoms with Gasteiger partial charge in [0.2, 0.25) is 0 Å². The molecule has 1 N–H and O–H groups in total. The number of benzene rings is 1. The molecule has 16 heavy (non-hydrogen) atoms. The lowest BCUT2D eigenvalue weighted by atomic mass is 9.95. The van der Waals surface area contributed by atoms with Crippen LogP contribution in [-0.2, 0) is 16.6 Å². The molecule has 0 aliphatic carbocycles. The van der Waals surface area contributed by atoms with Crippen LogP contribution in [0.2, 0.25) is 0 Å². The van der Waals surface area contributed by atoms with Crippen molar-refractivity contribution < 1.29 is 27.5 Å². The molecule has 0 bridgehead atoms. The third-order valence-corrected chi connectivity index (χ3v) is 2.09. The molecule has 6 heteroatoms. The number of carbonyl (C=O) groups excluding carboxylic acids is 1. The van der Waals surface area contributed by atoms with Crippen LogP contribution in [0.25, 0.3) is 0 Å². The first-order valence-electron chi connectivity index (χ1n) is 4.24. The van der Waals surface area contributed by atoms with Crippen LogP contribution < -0.4 is 0 Å². The summed E-state index contributed by atoms with van der Waals surface area (Å²) in [6, 6.07) is 1.92. The molecule has 1 unspecified atom stereocenters. The van der Waals surface area contributed by atoms with Crippen molar-refractivity contribution >= 4 is 6.29 Å². The summed E-state index contributed by atoms with van der Waals surface area (Å²) in [5, 5.41) is 9.42. The van der Waals surface area contributed by atoms with Gasteiger partial charge in [0.05, 0.1) is 5.56 Å². The van der Waals surface area contributed by atoms with Crippen molar-refractivity contribution in [3.8, 4) is 0 Å². The molecule has 0 spiro atoms. The van der Waals surface area contributed by atoms with Crippen molar-refractivity contribution in [1.29, 1.82) is 0 Å². The lowest BCUT2D eigenvalue weighted by molar-refractivity contribution is -0.140. The van der Waals surface area contributed by atoms with Crippen molar-refractivity contribution in [1.82, 2.24) is 0 Å². The van der Waals surface area contributed by atoms with Crippen LogP contribution in [-0.4, -0.2) is 11.4 Å². The average Bonchev–Trinajstić information content (AvgIpc) is 2.16. The Labute approximate surface area is 88.5 Å². The van der Waals surface area contributed by atoms with Gasteiger partial charge in [0, 0.05) is 0 Å². The van der Waals surface area contributed by atoms with E-state index >= 15 is 0 Å². The lowest BCUT2D eigenvalue weighted by Crippen LogP contribution is -2.23. The van der Waals surface area contributed by atoms with Crippen LogP contribution in [0, 0.1) is 5.82 Å². The Hall–Kier alpha value is -1.43. The second-order valence-electron chi connectivity index (χ2n) is 3.46. The zero-order valence-corrected chi connectivity index (χ0v) is 8.18. The van der Waals surface area contributed by atoms with Crippen molar-refractivity contribution in [3.63, 3.8) is 0 Å². The molecule has 0 fully saturated rings. The molecule has 0 aromatic heterocycles. The third kappa shape index (κ3) is 2.38. The number of hydrogen-bond acceptors (Lipinski definition) is 2. The maximum absolute atomic E-state index is 12.9. The van der Waals surface area contributed by atoms with Gasteiger partial charge < -0.3 is 5.11 Å². The van der Waals surface area contributed by atoms with E-state index in [2.05, 4.69) is 0 Å². The maximum Gasteiger partial charge on any atom is 0.419 e. The topological polar surface area (TPSA) is 37.3 Å².